The van der Waals surface area contributed by atoms with E-state index < -0.39 is 8.32 Å². The van der Waals surface area contributed by atoms with Gasteiger partial charge in [-0.2, -0.15) is 0 Å². The van der Waals surface area contributed by atoms with E-state index in [9.17, 15) is 0 Å². The number of allylic oxidation sites excluding steroid dienone is 3. The van der Waals surface area contributed by atoms with Gasteiger partial charge in [0.1, 0.15) is 5.75 Å². The maximum atomic E-state index is 7.12. The average molecular weight is 473 g/mol. The van der Waals surface area contributed by atoms with Crippen molar-refractivity contribution >= 4 is 18.7 Å². The molecule has 0 saturated heterocycles. The van der Waals surface area contributed by atoms with Crippen molar-refractivity contribution in [3.8, 4) is 5.75 Å². The van der Waals surface area contributed by atoms with Crippen LogP contribution in [-0.2, 0) is 0 Å². The van der Waals surface area contributed by atoms with Crippen LogP contribution in [-0.4, -0.2) is 8.32 Å². The summed E-state index contributed by atoms with van der Waals surface area (Å²) < 4.78 is 7.12. The van der Waals surface area contributed by atoms with Gasteiger partial charge >= 0.3 is 8.32 Å². The number of benzene rings is 4. The first-order chi connectivity index (χ1) is 17.3. The Morgan fingerprint density at radius 3 is 1.63 bits per heavy atom. The molecule has 4 aromatic rings. The van der Waals surface area contributed by atoms with Crippen molar-refractivity contribution in [1.82, 2.24) is 0 Å². The minimum atomic E-state index is -2.86. The lowest BCUT2D eigenvalue weighted by molar-refractivity contribution is 0.574. The summed E-state index contributed by atoms with van der Waals surface area (Å²) in [4.78, 5) is 0. The van der Waals surface area contributed by atoms with Gasteiger partial charge in [0.05, 0.1) is 0 Å². The zero-order valence-corrected chi connectivity index (χ0v) is 21.1. The van der Waals surface area contributed by atoms with Gasteiger partial charge in [-0.15, -0.1) is 13.2 Å². The van der Waals surface area contributed by atoms with Crippen LogP contribution in [0.5, 0.6) is 5.75 Å². The highest BCUT2D eigenvalue weighted by Gasteiger charge is 2.41. The molecule has 4 rings (SSSR count). The summed E-state index contributed by atoms with van der Waals surface area (Å²) >= 11 is 0. The van der Waals surface area contributed by atoms with Crippen LogP contribution >= 0.6 is 0 Å². The van der Waals surface area contributed by atoms with E-state index in [1.165, 1.54) is 21.5 Å². The van der Waals surface area contributed by atoms with Crippen LogP contribution in [0.25, 0.3) is 0 Å². The number of hydrogen-bond acceptors (Lipinski definition) is 1. The first-order valence-electron chi connectivity index (χ1n) is 12.1. The molecule has 0 aromatic heterocycles. The van der Waals surface area contributed by atoms with Crippen LogP contribution in [0.15, 0.2) is 158 Å². The van der Waals surface area contributed by atoms with Gasteiger partial charge in [0.2, 0.25) is 0 Å². The first-order valence-corrected chi connectivity index (χ1v) is 14.1. The van der Waals surface area contributed by atoms with Gasteiger partial charge in [-0.3, -0.25) is 0 Å². The van der Waals surface area contributed by atoms with Crippen molar-refractivity contribution in [2.75, 3.05) is 0 Å². The number of para-hydroxylation sites is 1. The summed E-state index contributed by atoms with van der Waals surface area (Å²) in [6.45, 7) is 8.18. The summed E-state index contributed by atoms with van der Waals surface area (Å²) in [6, 6.07) is 42.2. The van der Waals surface area contributed by atoms with Crippen LogP contribution in [0.3, 0.4) is 0 Å². The van der Waals surface area contributed by atoms with E-state index in [1.54, 1.807) is 0 Å². The zero-order valence-electron chi connectivity index (χ0n) is 20.1. The van der Waals surface area contributed by atoms with Crippen molar-refractivity contribution < 1.29 is 4.43 Å². The molecule has 174 valence electrons. The molecule has 4 aromatic carbocycles. The molecular formula is C33H32OSi. The van der Waals surface area contributed by atoms with Gasteiger partial charge in [-0.1, -0.05) is 127 Å². The topological polar surface area (TPSA) is 9.23 Å². The highest BCUT2D eigenvalue weighted by Crippen LogP contribution is 2.32. The number of rotatable bonds is 11. The molecule has 0 spiro atoms. The molecule has 1 unspecified atom stereocenters. The fraction of sp³-hybridized carbons (Fsp3) is 0.0909. The van der Waals surface area contributed by atoms with Gasteiger partial charge in [-0.25, -0.2) is 0 Å². The molecular weight excluding hydrogens is 440 g/mol. The van der Waals surface area contributed by atoms with E-state index >= 15 is 0 Å². The van der Waals surface area contributed by atoms with E-state index in [0.29, 0.717) is 0 Å². The Labute approximate surface area is 210 Å². The Kier molecular flexibility index (Phi) is 8.32. The molecule has 1 nitrogen and oxygen atoms in total. The smallest absolute Gasteiger partial charge is 0.339 e. The first kappa shape index (κ1) is 24.2. The van der Waals surface area contributed by atoms with Crippen molar-refractivity contribution in [2.24, 2.45) is 0 Å². The summed E-state index contributed by atoms with van der Waals surface area (Å²) in [5.74, 6) is 1.08. The Balaban J connectivity index is 1.99. The minimum absolute atomic E-state index is 0.199. The molecule has 0 heterocycles. The molecule has 0 N–H and O–H groups in total. The van der Waals surface area contributed by atoms with Crippen LogP contribution in [0.2, 0.25) is 0 Å². The van der Waals surface area contributed by atoms with Crippen molar-refractivity contribution in [3.63, 3.8) is 0 Å². The van der Waals surface area contributed by atoms with Crippen LogP contribution < -0.4 is 14.8 Å². The molecule has 0 fully saturated rings. The summed E-state index contributed by atoms with van der Waals surface area (Å²) in [7, 11) is -2.86. The minimum Gasteiger partial charge on any atom is -0.531 e. The highest BCUT2D eigenvalue weighted by atomic mass is 28.4. The molecule has 0 saturated carbocycles. The molecule has 1 atom stereocenters. The molecule has 0 aliphatic carbocycles. The predicted molar refractivity (Wildman–Crippen MR) is 152 cm³/mol. The largest absolute Gasteiger partial charge is 0.531 e. The van der Waals surface area contributed by atoms with Gasteiger partial charge in [0, 0.05) is 5.92 Å². The molecule has 35 heavy (non-hydrogen) atoms. The fourth-order valence-corrected chi connectivity index (χ4v) is 8.30. The predicted octanol–water partition coefficient (Wildman–Crippen LogP) is 7.23. The lowest BCUT2D eigenvalue weighted by Gasteiger charge is -2.32. The number of hydrogen-bond donors (Lipinski definition) is 0. The lowest BCUT2D eigenvalue weighted by Crippen LogP contribution is -2.62. The maximum absolute atomic E-state index is 7.12. The van der Waals surface area contributed by atoms with Gasteiger partial charge in [-0.05, 0) is 46.6 Å². The molecule has 0 aliphatic heterocycles. The van der Waals surface area contributed by atoms with Crippen molar-refractivity contribution in [3.05, 3.63) is 163 Å². The molecule has 0 radical (unpaired) electrons. The second kappa shape index (κ2) is 12.0. The summed E-state index contributed by atoms with van der Waals surface area (Å²) in [5.41, 5.74) is 5.04. The Hall–Kier alpha value is -3.88. The van der Waals surface area contributed by atoms with E-state index in [2.05, 4.69) is 110 Å². The molecule has 0 amide bonds. The third-order valence-electron chi connectivity index (χ3n) is 6.25. The lowest BCUT2D eigenvalue weighted by atomic mass is 9.87. The van der Waals surface area contributed by atoms with Gasteiger partial charge in [0.25, 0.3) is 0 Å². The van der Waals surface area contributed by atoms with E-state index in [0.717, 1.165) is 18.6 Å². The summed E-state index contributed by atoms with van der Waals surface area (Å²) in [6.07, 6.45) is 5.65. The van der Waals surface area contributed by atoms with Crippen molar-refractivity contribution in [2.45, 2.75) is 18.8 Å². The Morgan fingerprint density at radius 1 is 0.657 bits per heavy atom. The molecule has 0 aliphatic rings. The van der Waals surface area contributed by atoms with Gasteiger partial charge < -0.3 is 4.43 Å². The van der Waals surface area contributed by atoms with E-state index in [-0.39, 0.29) is 5.92 Å². The van der Waals surface area contributed by atoms with Crippen LogP contribution in [0.4, 0.5) is 0 Å². The molecule has 0 bridgehead atoms. The van der Waals surface area contributed by atoms with Gasteiger partial charge in [0.15, 0.2) is 0 Å². The zero-order chi connectivity index (χ0) is 24.3. The Bertz CT molecular complexity index is 1190. The van der Waals surface area contributed by atoms with E-state index in [4.69, 9.17) is 4.43 Å². The monoisotopic (exact) mass is 472 g/mol. The van der Waals surface area contributed by atoms with Crippen LogP contribution in [0, 0.1) is 0 Å². The molecule has 2 heteroatoms. The maximum Gasteiger partial charge on any atom is 0.339 e. The average Bonchev–Trinajstić information content (AvgIpc) is 2.93. The summed E-state index contributed by atoms with van der Waals surface area (Å²) in [5, 5.41) is 2.42. The van der Waals surface area contributed by atoms with Crippen molar-refractivity contribution in [1.29, 1.82) is 0 Å². The second-order valence-corrected chi connectivity index (χ2v) is 11.7. The third-order valence-corrected chi connectivity index (χ3v) is 9.97. The third kappa shape index (κ3) is 5.79. The second-order valence-electron chi connectivity index (χ2n) is 8.58. The SMILES string of the molecule is C=CC/C(=C\[Si](Oc1ccccc1)(c1ccccc1)c1ccccc1)C(CC=C)c1ccccc1. The highest BCUT2D eigenvalue weighted by molar-refractivity contribution is 7.01. The van der Waals surface area contributed by atoms with Crippen LogP contribution in [0.1, 0.15) is 24.3 Å². The normalized spacial score (nSPS) is 12.5. The Morgan fingerprint density at radius 2 is 1.14 bits per heavy atom. The fourth-order valence-electron chi connectivity index (χ4n) is 4.61. The quantitative estimate of drug-likeness (QED) is 0.165. The standard InChI is InChI=1S/C33H32OSi/c1-3-17-29(33(18-4-2)28-19-9-5-10-20-28)27-35(31-23-13-7-14-24-31,32-25-15-8-16-26-32)34-30-21-11-6-12-22-30/h3-16,19-27,33H,1-2,17-18H2/b29-27+. The van der Waals surface area contributed by atoms with E-state index in [1.807, 2.05) is 42.5 Å².